The standard InChI is InChI=1S/C9H19NO4S.2C2H6.CH4S/c1-3-14-7-4-5-9(11)10-6-8-15(2,12)13;3*1-2/h3-8H2,1-2H3,(H,10,11);2*1-2H3;2H,1H3. The van der Waals surface area contributed by atoms with Crippen molar-refractivity contribution in [3.8, 4) is 0 Å². The van der Waals surface area contributed by atoms with E-state index in [9.17, 15) is 13.2 Å². The molecule has 0 aromatic carbocycles. The van der Waals surface area contributed by atoms with E-state index in [1.807, 2.05) is 34.6 Å². The SMILES string of the molecule is CC.CC.CCOCCCC(=O)NCCS(C)(=O)=O.CS. The van der Waals surface area contributed by atoms with E-state index < -0.39 is 9.84 Å². The number of thiol groups is 1. The number of sulfone groups is 1. The zero-order valence-electron chi connectivity index (χ0n) is 14.7. The Morgan fingerprint density at radius 1 is 1.14 bits per heavy atom. The molecule has 0 unspecified atom stereocenters. The van der Waals surface area contributed by atoms with Crippen LogP contribution in [0.4, 0.5) is 0 Å². The third-order valence-electron chi connectivity index (χ3n) is 1.69. The van der Waals surface area contributed by atoms with Gasteiger partial charge in [-0.3, -0.25) is 4.79 Å². The van der Waals surface area contributed by atoms with Crippen LogP contribution in [0.5, 0.6) is 0 Å². The minimum atomic E-state index is -2.99. The Kier molecular flexibility index (Phi) is 34.0. The van der Waals surface area contributed by atoms with Gasteiger partial charge in [-0.05, 0) is 19.6 Å². The maximum atomic E-state index is 11.1. The molecular formula is C14H35NO4S2. The lowest BCUT2D eigenvalue weighted by molar-refractivity contribution is -0.121. The normalized spacial score (nSPS) is 8.95. The van der Waals surface area contributed by atoms with Crippen molar-refractivity contribution < 1.29 is 17.9 Å². The van der Waals surface area contributed by atoms with Gasteiger partial charge in [0.1, 0.15) is 9.84 Å². The van der Waals surface area contributed by atoms with Crippen LogP contribution in [0.25, 0.3) is 0 Å². The first-order valence-corrected chi connectivity index (χ1v) is 10.4. The number of carbonyl (C=O) groups excluding carboxylic acids is 1. The first kappa shape index (κ1) is 28.8. The summed E-state index contributed by atoms with van der Waals surface area (Å²) in [6.45, 7) is 11.3. The molecule has 0 radical (unpaired) electrons. The Labute approximate surface area is 137 Å². The Balaban J connectivity index is -0.000000212. The molecule has 132 valence electrons. The van der Waals surface area contributed by atoms with Crippen LogP contribution in [0.1, 0.15) is 47.5 Å². The fourth-order valence-electron chi connectivity index (χ4n) is 0.943. The summed E-state index contributed by atoms with van der Waals surface area (Å²) in [5.74, 6) is -0.136. The molecule has 0 fully saturated rings. The third-order valence-corrected chi connectivity index (χ3v) is 2.64. The molecule has 1 N–H and O–H groups in total. The second kappa shape index (κ2) is 24.7. The molecule has 0 spiro atoms. The van der Waals surface area contributed by atoms with Gasteiger partial charge in [-0.2, -0.15) is 12.6 Å². The molecule has 0 aromatic rings. The second-order valence-corrected chi connectivity index (χ2v) is 5.54. The van der Waals surface area contributed by atoms with Crippen LogP contribution >= 0.6 is 12.6 Å². The first-order valence-electron chi connectivity index (χ1n) is 7.42. The van der Waals surface area contributed by atoms with Gasteiger partial charge in [0.25, 0.3) is 0 Å². The molecule has 0 aliphatic heterocycles. The van der Waals surface area contributed by atoms with Gasteiger partial charge in [-0.1, -0.05) is 27.7 Å². The van der Waals surface area contributed by atoms with Crippen molar-refractivity contribution in [2.75, 3.05) is 38.0 Å². The number of amides is 1. The topological polar surface area (TPSA) is 72.5 Å². The van der Waals surface area contributed by atoms with Gasteiger partial charge >= 0.3 is 0 Å². The molecule has 1 amide bonds. The van der Waals surface area contributed by atoms with E-state index in [-0.39, 0.29) is 18.2 Å². The Morgan fingerprint density at radius 2 is 1.62 bits per heavy atom. The summed E-state index contributed by atoms with van der Waals surface area (Å²) in [6.07, 6.45) is 3.89. The summed E-state index contributed by atoms with van der Waals surface area (Å²) >= 11 is 3.53. The van der Waals surface area contributed by atoms with Crippen LogP contribution in [0.15, 0.2) is 0 Å². The van der Waals surface area contributed by atoms with Crippen molar-refractivity contribution in [1.82, 2.24) is 5.32 Å². The molecule has 21 heavy (non-hydrogen) atoms. The number of ether oxygens (including phenoxy) is 1. The lowest BCUT2D eigenvalue weighted by Crippen LogP contribution is -2.28. The summed E-state index contributed by atoms with van der Waals surface area (Å²) in [6, 6.07) is 0. The van der Waals surface area contributed by atoms with Crippen LogP contribution in [-0.2, 0) is 19.4 Å². The minimum Gasteiger partial charge on any atom is -0.382 e. The van der Waals surface area contributed by atoms with Gasteiger partial charge in [0.15, 0.2) is 0 Å². The summed E-state index contributed by atoms with van der Waals surface area (Å²) in [4.78, 5) is 11.1. The van der Waals surface area contributed by atoms with E-state index in [1.165, 1.54) is 0 Å². The van der Waals surface area contributed by atoms with Crippen molar-refractivity contribution in [3.63, 3.8) is 0 Å². The van der Waals surface area contributed by atoms with Gasteiger partial charge in [-0.15, -0.1) is 0 Å². The van der Waals surface area contributed by atoms with Gasteiger partial charge in [0, 0.05) is 32.4 Å². The second-order valence-electron chi connectivity index (χ2n) is 3.28. The molecule has 5 nitrogen and oxygen atoms in total. The lowest BCUT2D eigenvalue weighted by Gasteiger charge is -2.04. The Hall–Kier alpha value is -0.270. The first-order chi connectivity index (χ1) is 9.95. The molecule has 0 rings (SSSR count). The largest absolute Gasteiger partial charge is 0.382 e. The van der Waals surface area contributed by atoms with Crippen molar-refractivity contribution >= 4 is 28.4 Å². The van der Waals surface area contributed by atoms with Crippen LogP contribution in [0.2, 0.25) is 0 Å². The highest BCUT2D eigenvalue weighted by molar-refractivity contribution is 7.90. The quantitative estimate of drug-likeness (QED) is 0.524. The number of hydrogen-bond donors (Lipinski definition) is 2. The van der Waals surface area contributed by atoms with Gasteiger partial charge in [0.2, 0.25) is 5.91 Å². The molecule has 7 heteroatoms. The number of carbonyl (C=O) groups is 1. The van der Waals surface area contributed by atoms with Crippen LogP contribution in [0, 0.1) is 0 Å². The van der Waals surface area contributed by atoms with Crippen molar-refractivity contribution in [1.29, 1.82) is 0 Å². The van der Waals surface area contributed by atoms with E-state index in [1.54, 1.807) is 6.26 Å². The minimum absolute atomic E-state index is 0.00972. The number of rotatable bonds is 8. The van der Waals surface area contributed by atoms with E-state index >= 15 is 0 Å². The highest BCUT2D eigenvalue weighted by atomic mass is 32.2. The fourth-order valence-corrected chi connectivity index (χ4v) is 1.42. The molecule has 0 saturated heterocycles. The molecule has 0 saturated carbocycles. The van der Waals surface area contributed by atoms with Crippen molar-refractivity contribution in [3.05, 3.63) is 0 Å². The molecular weight excluding hydrogens is 310 g/mol. The smallest absolute Gasteiger partial charge is 0.220 e. The van der Waals surface area contributed by atoms with Crippen LogP contribution in [-0.4, -0.2) is 52.3 Å². The summed E-state index contributed by atoms with van der Waals surface area (Å²) in [5.41, 5.74) is 0. The molecule has 0 heterocycles. The highest BCUT2D eigenvalue weighted by Crippen LogP contribution is 1.90. The molecule has 0 bridgehead atoms. The number of nitrogens with one attached hydrogen (secondary N) is 1. The molecule has 0 aromatic heterocycles. The average molecular weight is 346 g/mol. The maximum Gasteiger partial charge on any atom is 0.220 e. The zero-order valence-corrected chi connectivity index (χ0v) is 16.4. The summed E-state index contributed by atoms with van der Waals surface area (Å²) < 4.78 is 26.5. The van der Waals surface area contributed by atoms with E-state index in [4.69, 9.17) is 4.74 Å². The Morgan fingerprint density at radius 3 is 2.00 bits per heavy atom. The summed E-state index contributed by atoms with van der Waals surface area (Å²) in [7, 11) is -2.99. The van der Waals surface area contributed by atoms with Crippen molar-refractivity contribution in [2.24, 2.45) is 0 Å². The molecule has 0 atom stereocenters. The monoisotopic (exact) mass is 345 g/mol. The predicted molar refractivity (Wildman–Crippen MR) is 96.1 cm³/mol. The lowest BCUT2D eigenvalue weighted by atomic mass is 10.3. The van der Waals surface area contributed by atoms with Gasteiger partial charge in [0.05, 0.1) is 5.75 Å². The summed E-state index contributed by atoms with van der Waals surface area (Å²) in [5, 5.41) is 2.54. The maximum absolute atomic E-state index is 11.1. The highest BCUT2D eigenvalue weighted by Gasteiger charge is 2.04. The number of hydrogen-bond acceptors (Lipinski definition) is 5. The van der Waals surface area contributed by atoms with E-state index in [0.717, 1.165) is 6.26 Å². The Bertz CT molecular complexity index is 281. The molecule has 0 aliphatic carbocycles. The zero-order chi connectivity index (χ0) is 17.7. The van der Waals surface area contributed by atoms with Crippen molar-refractivity contribution in [2.45, 2.75) is 47.5 Å². The van der Waals surface area contributed by atoms with Crippen LogP contribution in [0.3, 0.4) is 0 Å². The predicted octanol–water partition coefficient (Wildman–Crippen LogP) is 2.56. The van der Waals surface area contributed by atoms with E-state index in [0.29, 0.717) is 26.1 Å². The van der Waals surface area contributed by atoms with Crippen LogP contribution < -0.4 is 5.32 Å². The molecule has 0 aliphatic rings. The van der Waals surface area contributed by atoms with E-state index in [2.05, 4.69) is 17.9 Å². The van der Waals surface area contributed by atoms with Gasteiger partial charge < -0.3 is 10.1 Å². The average Bonchev–Trinajstić information content (AvgIpc) is 2.49. The van der Waals surface area contributed by atoms with Gasteiger partial charge in [-0.25, -0.2) is 8.42 Å². The third kappa shape index (κ3) is 38.3. The fraction of sp³-hybridized carbons (Fsp3) is 0.929.